The van der Waals surface area contributed by atoms with Gasteiger partial charge in [0.2, 0.25) is 5.91 Å². The molecule has 3 heteroatoms. The molecular formula is C13H21NO2. The molecule has 1 amide bonds. The Bertz CT molecular complexity index is 284. The van der Waals surface area contributed by atoms with Crippen LogP contribution in [0.1, 0.15) is 38.5 Å². The lowest BCUT2D eigenvalue weighted by Gasteiger charge is -2.51. The van der Waals surface area contributed by atoms with Crippen LogP contribution in [0.3, 0.4) is 0 Å². The Hall–Kier alpha value is -0.830. The number of carbonyl (C=O) groups is 1. The zero-order valence-electron chi connectivity index (χ0n) is 9.74. The van der Waals surface area contributed by atoms with Crippen LogP contribution in [-0.2, 0) is 4.79 Å². The van der Waals surface area contributed by atoms with E-state index in [1.165, 1.54) is 38.2 Å². The van der Waals surface area contributed by atoms with Gasteiger partial charge in [0.15, 0.2) is 0 Å². The first-order chi connectivity index (χ1) is 7.68. The molecule has 0 saturated heterocycles. The lowest BCUT2D eigenvalue weighted by atomic mass is 9.56. The lowest BCUT2D eigenvalue weighted by Crippen LogP contribution is -2.51. The van der Waals surface area contributed by atoms with Gasteiger partial charge in [-0.25, -0.2) is 0 Å². The van der Waals surface area contributed by atoms with Crippen LogP contribution >= 0.6 is 0 Å². The van der Waals surface area contributed by atoms with Crippen molar-refractivity contribution in [3.05, 3.63) is 12.7 Å². The number of hydrogen-bond acceptors (Lipinski definition) is 2. The molecule has 2 rings (SSSR count). The zero-order valence-corrected chi connectivity index (χ0v) is 9.74. The number of amides is 1. The zero-order chi connectivity index (χ0) is 11.6. The summed E-state index contributed by atoms with van der Waals surface area (Å²) in [4.78, 5) is 11.1. The summed E-state index contributed by atoms with van der Waals surface area (Å²) in [5, 5.41) is 13.1. The van der Waals surface area contributed by atoms with E-state index in [9.17, 15) is 9.90 Å². The maximum atomic E-state index is 11.1. The fraction of sp³-hybridized carbons (Fsp3) is 0.769. The molecule has 2 aliphatic rings. The second kappa shape index (κ2) is 4.58. The molecule has 2 aliphatic carbocycles. The van der Waals surface area contributed by atoms with E-state index in [-0.39, 0.29) is 23.3 Å². The molecule has 0 heterocycles. The molecule has 3 nitrogen and oxygen atoms in total. The maximum absolute atomic E-state index is 11.1. The van der Waals surface area contributed by atoms with E-state index in [4.69, 9.17) is 0 Å². The monoisotopic (exact) mass is 223 g/mol. The van der Waals surface area contributed by atoms with E-state index < -0.39 is 0 Å². The highest BCUT2D eigenvalue weighted by Crippen LogP contribution is 2.53. The molecule has 2 saturated carbocycles. The number of aliphatic hydroxyl groups excluding tert-OH is 1. The van der Waals surface area contributed by atoms with Crippen molar-refractivity contribution in [3.63, 3.8) is 0 Å². The van der Waals surface area contributed by atoms with Crippen molar-refractivity contribution in [1.29, 1.82) is 0 Å². The van der Waals surface area contributed by atoms with Gasteiger partial charge in [0.1, 0.15) is 0 Å². The van der Waals surface area contributed by atoms with E-state index in [0.29, 0.717) is 6.54 Å². The highest BCUT2D eigenvalue weighted by atomic mass is 16.3. The standard InChI is InChI=1S/C13H21NO2/c1-2-11(15)14-9-10-5-3-6-13(12(10)16)7-4-8-13/h2,10,12,16H,1,3-9H2,(H,14,15). The minimum Gasteiger partial charge on any atom is -0.392 e. The van der Waals surface area contributed by atoms with E-state index in [1.807, 2.05) is 0 Å². The molecule has 16 heavy (non-hydrogen) atoms. The highest BCUT2D eigenvalue weighted by molar-refractivity contribution is 5.86. The Morgan fingerprint density at radius 3 is 2.69 bits per heavy atom. The molecule has 1 spiro atoms. The molecule has 0 radical (unpaired) electrons. The average Bonchev–Trinajstić information content (AvgIpc) is 2.25. The van der Waals surface area contributed by atoms with Crippen LogP contribution in [0, 0.1) is 11.3 Å². The summed E-state index contributed by atoms with van der Waals surface area (Å²) in [6.07, 6.45) is 8.03. The number of rotatable bonds is 3. The van der Waals surface area contributed by atoms with Crippen molar-refractivity contribution in [2.24, 2.45) is 11.3 Å². The van der Waals surface area contributed by atoms with Gasteiger partial charge in [-0.3, -0.25) is 4.79 Å². The molecule has 0 aromatic carbocycles. The van der Waals surface area contributed by atoms with Crippen molar-refractivity contribution in [2.75, 3.05) is 6.54 Å². The minimum atomic E-state index is -0.222. The summed E-state index contributed by atoms with van der Waals surface area (Å²) in [6, 6.07) is 0. The Morgan fingerprint density at radius 1 is 1.44 bits per heavy atom. The second-order valence-corrected chi connectivity index (χ2v) is 5.26. The number of nitrogens with one attached hydrogen (secondary N) is 1. The predicted octanol–water partition coefficient (Wildman–Crippen LogP) is 1.62. The van der Waals surface area contributed by atoms with Crippen LogP contribution in [-0.4, -0.2) is 23.7 Å². The first-order valence-electron chi connectivity index (χ1n) is 6.26. The van der Waals surface area contributed by atoms with E-state index in [0.717, 1.165) is 6.42 Å². The van der Waals surface area contributed by atoms with Crippen molar-refractivity contribution >= 4 is 5.91 Å². The second-order valence-electron chi connectivity index (χ2n) is 5.26. The fourth-order valence-corrected chi connectivity index (χ4v) is 3.22. The largest absolute Gasteiger partial charge is 0.392 e. The van der Waals surface area contributed by atoms with Crippen LogP contribution in [0.15, 0.2) is 12.7 Å². The highest BCUT2D eigenvalue weighted by Gasteiger charge is 2.48. The molecule has 0 bridgehead atoms. The van der Waals surface area contributed by atoms with Gasteiger partial charge in [0.05, 0.1) is 6.10 Å². The van der Waals surface area contributed by atoms with E-state index in [2.05, 4.69) is 11.9 Å². The van der Waals surface area contributed by atoms with Crippen molar-refractivity contribution in [3.8, 4) is 0 Å². The Morgan fingerprint density at radius 2 is 2.12 bits per heavy atom. The summed E-state index contributed by atoms with van der Waals surface area (Å²) in [5.74, 6) is 0.0957. The van der Waals surface area contributed by atoms with Crippen molar-refractivity contribution in [1.82, 2.24) is 5.32 Å². The Labute approximate surface area is 96.9 Å². The SMILES string of the molecule is C=CC(=O)NCC1CCCC2(CCC2)C1O. The smallest absolute Gasteiger partial charge is 0.243 e. The molecule has 0 aliphatic heterocycles. The van der Waals surface area contributed by atoms with Gasteiger partial charge >= 0.3 is 0 Å². The summed E-state index contributed by atoms with van der Waals surface area (Å²) in [5.41, 5.74) is 0.196. The van der Waals surface area contributed by atoms with Crippen LogP contribution < -0.4 is 5.32 Å². The summed E-state index contributed by atoms with van der Waals surface area (Å²) in [6.45, 7) is 4.02. The molecule has 2 unspecified atom stereocenters. The Kier molecular flexibility index (Phi) is 3.33. The van der Waals surface area contributed by atoms with Gasteiger partial charge < -0.3 is 10.4 Å². The van der Waals surface area contributed by atoms with Crippen LogP contribution in [0.2, 0.25) is 0 Å². The van der Waals surface area contributed by atoms with Gasteiger partial charge in [0, 0.05) is 12.5 Å². The number of hydrogen-bond donors (Lipinski definition) is 2. The predicted molar refractivity (Wildman–Crippen MR) is 62.8 cm³/mol. The summed E-state index contributed by atoms with van der Waals surface area (Å²) in [7, 11) is 0. The van der Waals surface area contributed by atoms with E-state index >= 15 is 0 Å². The maximum Gasteiger partial charge on any atom is 0.243 e. The molecule has 0 aromatic heterocycles. The lowest BCUT2D eigenvalue weighted by molar-refractivity contribution is -0.119. The van der Waals surface area contributed by atoms with Gasteiger partial charge in [-0.05, 0) is 37.2 Å². The van der Waals surface area contributed by atoms with Crippen molar-refractivity contribution < 1.29 is 9.90 Å². The first-order valence-corrected chi connectivity index (χ1v) is 6.26. The first kappa shape index (κ1) is 11.6. The van der Waals surface area contributed by atoms with Crippen LogP contribution in [0.4, 0.5) is 0 Å². The quantitative estimate of drug-likeness (QED) is 0.714. The van der Waals surface area contributed by atoms with Crippen LogP contribution in [0.25, 0.3) is 0 Å². The third kappa shape index (κ3) is 2.01. The minimum absolute atomic E-state index is 0.138. The van der Waals surface area contributed by atoms with Gasteiger partial charge in [-0.15, -0.1) is 0 Å². The third-order valence-electron chi connectivity index (χ3n) is 4.40. The number of aliphatic hydroxyl groups is 1. The Balaban J connectivity index is 1.89. The van der Waals surface area contributed by atoms with Gasteiger partial charge in [-0.1, -0.05) is 19.4 Å². The third-order valence-corrected chi connectivity index (χ3v) is 4.40. The van der Waals surface area contributed by atoms with E-state index in [1.54, 1.807) is 0 Å². The molecule has 2 atom stereocenters. The molecule has 0 aromatic rings. The summed E-state index contributed by atoms with van der Waals surface area (Å²) >= 11 is 0. The molecule has 2 N–H and O–H groups in total. The topological polar surface area (TPSA) is 49.3 Å². The van der Waals surface area contributed by atoms with Gasteiger partial charge in [-0.2, -0.15) is 0 Å². The average molecular weight is 223 g/mol. The molecule has 90 valence electrons. The van der Waals surface area contributed by atoms with Gasteiger partial charge in [0.25, 0.3) is 0 Å². The normalized spacial score (nSPS) is 31.8. The molecular weight excluding hydrogens is 202 g/mol. The summed E-state index contributed by atoms with van der Waals surface area (Å²) < 4.78 is 0. The van der Waals surface area contributed by atoms with Crippen molar-refractivity contribution in [2.45, 2.75) is 44.6 Å². The fourth-order valence-electron chi connectivity index (χ4n) is 3.22. The molecule has 2 fully saturated rings. The van der Waals surface area contributed by atoms with Crippen LogP contribution in [0.5, 0.6) is 0 Å². The number of carbonyl (C=O) groups excluding carboxylic acids is 1.